The fraction of sp³-hybridized carbons (Fsp3) is 0.368. The first-order valence-electron chi connectivity index (χ1n) is 9.89. The molecule has 1 fully saturated rings. The van der Waals surface area contributed by atoms with E-state index < -0.39 is 0 Å². The number of nitrogens with one attached hydrogen (secondary N) is 1. The number of anilines is 2. The van der Waals surface area contributed by atoms with E-state index in [4.69, 9.17) is 4.74 Å². The summed E-state index contributed by atoms with van der Waals surface area (Å²) < 4.78 is 8.66. The van der Waals surface area contributed by atoms with Crippen LogP contribution in [0, 0.1) is 0 Å². The van der Waals surface area contributed by atoms with Crippen molar-refractivity contribution in [1.82, 2.24) is 44.6 Å². The summed E-state index contributed by atoms with van der Waals surface area (Å²) in [7, 11) is 1.58. The zero-order valence-electron chi connectivity index (χ0n) is 16.6. The average molecular weight is 406 g/mol. The minimum Gasteiger partial charge on any atom is -0.481 e. The van der Waals surface area contributed by atoms with Gasteiger partial charge in [-0.15, -0.1) is 5.10 Å². The molecule has 4 aromatic rings. The zero-order valence-corrected chi connectivity index (χ0v) is 16.6. The molecule has 0 atom stereocenters. The summed E-state index contributed by atoms with van der Waals surface area (Å²) in [5.41, 5.74) is 2.75. The summed E-state index contributed by atoms with van der Waals surface area (Å²) in [6.45, 7) is 4.25. The van der Waals surface area contributed by atoms with Gasteiger partial charge in [-0.3, -0.25) is 4.68 Å². The highest BCUT2D eigenvalue weighted by Gasteiger charge is 2.13. The predicted molar refractivity (Wildman–Crippen MR) is 110 cm³/mol. The largest absolute Gasteiger partial charge is 0.481 e. The van der Waals surface area contributed by atoms with Gasteiger partial charge < -0.3 is 15.0 Å². The van der Waals surface area contributed by atoms with E-state index in [9.17, 15) is 0 Å². The molecule has 0 bridgehead atoms. The molecule has 1 saturated heterocycles. The molecular formula is C19H22N10O. The van der Waals surface area contributed by atoms with E-state index in [1.54, 1.807) is 36.4 Å². The topological polar surface area (TPSA) is 112 Å². The van der Waals surface area contributed by atoms with E-state index in [2.05, 4.69) is 40.6 Å². The van der Waals surface area contributed by atoms with Crippen LogP contribution in [0.25, 0.3) is 16.9 Å². The molecule has 154 valence electrons. The minimum absolute atomic E-state index is 0.451. The highest BCUT2D eigenvalue weighted by molar-refractivity contribution is 5.72. The summed E-state index contributed by atoms with van der Waals surface area (Å²) in [5.74, 6) is 0.980. The number of hydrogen-bond donors (Lipinski definition) is 1. The Labute approximate surface area is 172 Å². The third-order valence-corrected chi connectivity index (χ3v) is 5.10. The molecule has 1 aliphatic rings. The summed E-state index contributed by atoms with van der Waals surface area (Å²) >= 11 is 0. The molecule has 5 rings (SSSR count). The first kappa shape index (κ1) is 18.4. The van der Waals surface area contributed by atoms with Crippen molar-refractivity contribution in [3.8, 4) is 11.6 Å². The highest BCUT2D eigenvalue weighted by Crippen LogP contribution is 2.18. The van der Waals surface area contributed by atoms with Crippen LogP contribution in [-0.4, -0.2) is 71.4 Å². The molecule has 1 N–H and O–H groups in total. The summed E-state index contributed by atoms with van der Waals surface area (Å²) in [6, 6.07) is 3.61. The lowest BCUT2D eigenvalue weighted by atomic mass is 10.4. The Balaban J connectivity index is 1.32. The third-order valence-electron chi connectivity index (χ3n) is 5.10. The van der Waals surface area contributed by atoms with Gasteiger partial charge in [0.15, 0.2) is 11.2 Å². The van der Waals surface area contributed by atoms with Crippen LogP contribution in [0.1, 0.15) is 12.8 Å². The van der Waals surface area contributed by atoms with Crippen molar-refractivity contribution in [2.45, 2.75) is 19.4 Å². The summed E-state index contributed by atoms with van der Waals surface area (Å²) in [5, 5.41) is 15.9. The number of hydrogen-bond acceptors (Lipinski definition) is 9. The van der Waals surface area contributed by atoms with Crippen molar-refractivity contribution < 1.29 is 4.74 Å². The zero-order chi connectivity index (χ0) is 20.3. The smallest absolute Gasteiger partial charge is 0.229 e. The van der Waals surface area contributed by atoms with Gasteiger partial charge in [-0.05, 0) is 32.0 Å². The van der Waals surface area contributed by atoms with Crippen LogP contribution in [0.4, 0.5) is 11.6 Å². The second-order valence-electron chi connectivity index (χ2n) is 7.13. The van der Waals surface area contributed by atoms with E-state index in [0.717, 1.165) is 24.5 Å². The second-order valence-corrected chi connectivity index (χ2v) is 7.13. The van der Waals surface area contributed by atoms with Crippen LogP contribution in [0.5, 0.6) is 5.88 Å². The number of aromatic nitrogens is 8. The van der Waals surface area contributed by atoms with Crippen molar-refractivity contribution in [3.63, 3.8) is 0 Å². The number of methoxy groups -OCH3 is 1. The van der Waals surface area contributed by atoms with Crippen LogP contribution >= 0.6 is 0 Å². The predicted octanol–water partition coefficient (Wildman–Crippen LogP) is 1.65. The lowest BCUT2D eigenvalue weighted by Crippen LogP contribution is -2.24. The molecular weight excluding hydrogens is 384 g/mol. The average Bonchev–Trinajstić information content (AvgIpc) is 3.53. The molecule has 0 aliphatic carbocycles. The molecule has 1 aliphatic heterocycles. The van der Waals surface area contributed by atoms with E-state index in [1.165, 1.54) is 25.9 Å². The molecule has 11 nitrogen and oxygen atoms in total. The molecule has 0 aromatic carbocycles. The van der Waals surface area contributed by atoms with Crippen molar-refractivity contribution in [2.24, 2.45) is 0 Å². The molecule has 0 unspecified atom stereocenters. The fourth-order valence-electron chi connectivity index (χ4n) is 3.51. The SMILES string of the molecule is COc1ccc(-n2nnc3cnc(Nc4cnn(CCN5CCCC5)c4)nc32)cn1. The summed E-state index contributed by atoms with van der Waals surface area (Å²) in [4.78, 5) is 15.6. The fourth-order valence-corrected chi connectivity index (χ4v) is 3.51. The van der Waals surface area contributed by atoms with E-state index in [0.29, 0.717) is 23.0 Å². The van der Waals surface area contributed by atoms with Gasteiger partial charge in [0, 0.05) is 18.8 Å². The Morgan fingerprint density at radius 1 is 1.07 bits per heavy atom. The Kier molecular flexibility index (Phi) is 4.93. The number of fused-ring (bicyclic) bond motifs is 1. The number of rotatable bonds is 7. The lowest BCUT2D eigenvalue weighted by molar-refractivity contribution is 0.316. The van der Waals surface area contributed by atoms with Crippen LogP contribution in [0.15, 0.2) is 36.9 Å². The maximum atomic E-state index is 5.11. The molecule has 0 amide bonds. The van der Waals surface area contributed by atoms with Gasteiger partial charge in [-0.25, -0.2) is 9.97 Å². The summed E-state index contributed by atoms with van der Waals surface area (Å²) in [6.07, 6.45) is 9.63. The maximum Gasteiger partial charge on any atom is 0.229 e. The number of pyridine rings is 1. The minimum atomic E-state index is 0.451. The van der Waals surface area contributed by atoms with Crippen LogP contribution < -0.4 is 10.1 Å². The van der Waals surface area contributed by atoms with Crippen molar-refractivity contribution in [3.05, 3.63) is 36.9 Å². The van der Waals surface area contributed by atoms with Gasteiger partial charge in [0.1, 0.15) is 0 Å². The van der Waals surface area contributed by atoms with Gasteiger partial charge in [-0.2, -0.15) is 14.8 Å². The Morgan fingerprint density at radius 2 is 1.97 bits per heavy atom. The van der Waals surface area contributed by atoms with E-state index in [1.807, 2.05) is 16.9 Å². The number of likely N-dealkylation sites (tertiary alicyclic amines) is 1. The van der Waals surface area contributed by atoms with Crippen molar-refractivity contribution >= 4 is 22.8 Å². The first-order valence-corrected chi connectivity index (χ1v) is 9.89. The van der Waals surface area contributed by atoms with Gasteiger partial charge in [-0.1, -0.05) is 5.21 Å². The monoisotopic (exact) mass is 406 g/mol. The molecule has 11 heteroatoms. The Morgan fingerprint density at radius 3 is 2.77 bits per heavy atom. The molecule has 0 radical (unpaired) electrons. The number of ether oxygens (including phenoxy) is 1. The third kappa shape index (κ3) is 3.79. The first-order chi connectivity index (χ1) is 14.8. The molecule has 0 spiro atoms. The second kappa shape index (κ2) is 8.03. The number of nitrogens with zero attached hydrogens (tertiary/aromatic N) is 9. The van der Waals surface area contributed by atoms with E-state index in [-0.39, 0.29) is 0 Å². The van der Waals surface area contributed by atoms with E-state index >= 15 is 0 Å². The van der Waals surface area contributed by atoms with Crippen LogP contribution in [0.3, 0.4) is 0 Å². The molecule has 30 heavy (non-hydrogen) atoms. The van der Waals surface area contributed by atoms with Crippen molar-refractivity contribution in [1.29, 1.82) is 0 Å². The lowest BCUT2D eigenvalue weighted by Gasteiger charge is -2.13. The normalized spacial score (nSPS) is 14.4. The highest BCUT2D eigenvalue weighted by atomic mass is 16.5. The molecule has 0 saturated carbocycles. The quantitative estimate of drug-likeness (QED) is 0.489. The molecule has 5 heterocycles. The van der Waals surface area contributed by atoms with Gasteiger partial charge in [0.25, 0.3) is 0 Å². The Bertz CT molecular complexity index is 1130. The standard InChI is InChI=1S/C19H22N10O/c1-30-17-5-4-15(11-20-17)29-18-16(25-26-29)12-21-19(24-18)23-14-10-22-28(13-14)9-8-27-6-2-3-7-27/h4-5,10-13H,2-3,6-9H2,1H3,(H,21,23,24). The van der Waals surface area contributed by atoms with Crippen LogP contribution in [0.2, 0.25) is 0 Å². The van der Waals surface area contributed by atoms with Crippen LogP contribution in [-0.2, 0) is 6.54 Å². The van der Waals surface area contributed by atoms with Gasteiger partial charge in [0.05, 0.1) is 43.6 Å². The maximum absolute atomic E-state index is 5.11. The van der Waals surface area contributed by atoms with Gasteiger partial charge in [0.2, 0.25) is 11.8 Å². The Hall–Kier alpha value is -3.60. The van der Waals surface area contributed by atoms with Crippen molar-refractivity contribution in [2.75, 3.05) is 32.1 Å². The molecule has 4 aromatic heterocycles. The van der Waals surface area contributed by atoms with Gasteiger partial charge >= 0.3 is 0 Å².